The molecule has 188 valence electrons. The second kappa shape index (κ2) is 8.83. The third-order valence-corrected chi connectivity index (χ3v) is 8.01. The molecule has 7 rings (SSSR count). The molecule has 1 amide bonds. The number of fused-ring (bicyclic) bond motifs is 7. The Labute approximate surface area is 215 Å². The van der Waals surface area contributed by atoms with E-state index in [1.54, 1.807) is 6.20 Å². The first kappa shape index (κ1) is 22.2. The zero-order valence-electron chi connectivity index (χ0n) is 20.8. The van der Waals surface area contributed by atoms with Crippen LogP contribution in [-0.2, 0) is 13.5 Å². The fourth-order valence-electron chi connectivity index (χ4n) is 6.34. The fraction of sp³-hybridized carbons (Fsp3) is 0.333. The Morgan fingerprint density at radius 2 is 1.86 bits per heavy atom. The Bertz CT molecular complexity index is 1480. The maximum absolute atomic E-state index is 14.0. The monoisotopic (exact) mass is 495 g/mol. The number of likely N-dealkylation sites (tertiary alicyclic amines) is 1. The van der Waals surface area contributed by atoms with Crippen molar-refractivity contribution in [3.05, 3.63) is 83.7 Å². The van der Waals surface area contributed by atoms with Crippen molar-refractivity contribution in [2.45, 2.75) is 37.3 Å². The molecule has 37 heavy (non-hydrogen) atoms. The number of carbonyl (C=O) groups is 1. The lowest BCUT2D eigenvalue weighted by Gasteiger charge is -2.47. The highest BCUT2D eigenvalue weighted by atomic mass is 16.5. The summed E-state index contributed by atoms with van der Waals surface area (Å²) in [5.41, 5.74) is 4.48. The minimum absolute atomic E-state index is 0.00240. The third-order valence-electron chi connectivity index (χ3n) is 8.01. The maximum atomic E-state index is 14.0. The summed E-state index contributed by atoms with van der Waals surface area (Å²) >= 11 is 0. The third kappa shape index (κ3) is 3.72. The normalized spacial score (nSPS) is 22.3. The number of hydrogen-bond acceptors (Lipinski definition) is 5. The Hall–Kier alpha value is -4.00. The molecule has 2 bridgehead atoms. The van der Waals surface area contributed by atoms with Crippen molar-refractivity contribution in [1.29, 1.82) is 0 Å². The predicted octanol–water partition coefficient (Wildman–Crippen LogP) is 4.74. The van der Waals surface area contributed by atoms with E-state index < -0.39 is 0 Å². The van der Waals surface area contributed by atoms with Gasteiger partial charge in [-0.2, -0.15) is 0 Å². The average Bonchev–Trinajstić information content (AvgIpc) is 3.07. The van der Waals surface area contributed by atoms with Crippen LogP contribution in [0.2, 0.25) is 0 Å². The van der Waals surface area contributed by atoms with Gasteiger partial charge in [0.15, 0.2) is 11.5 Å². The van der Waals surface area contributed by atoms with Gasteiger partial charge in [0.25, 0.3) is 5.91 Å². The Morgan fingerprint density at radius 3 is 2.73 bits per heavy atom. The highest BCUT2D eigenvalue weighted by Gasteiger charge is 2.46. The van der Waals surface area contributed by atoms with Crippen LogP contribution in [0.3, 0.4) is 0 Å². The van der Waals surface area contributed by atoms with Crippen molar-refractivity contribution >= 4 is 16.8 Å². The van der Waals surface area contributed by atoms with Crippen LogP contribution in [0, 0.1) is 0 Å². The van der Waals surface area contributed by atoms with Crippen LogP contribution in [0.5, 0.6) is 17.4 Å². The molecule has 0 saturated carbocycles. The van der Waals surface area contributed by atoms with E-state index >= 15 is 0 Å². The number of rotatable bonds is 3. The number of aromatic nitrogens is 2. The number of pyridine rings is 1. The van der Waals surface area contributed by atoms with Gasteiger partial charge in [0.1, 0.15) is 6.10 Å². The summed E-state index contributed by atoms with van der Waals surface area (Å²) in [5.74, 6) is 2.08. The lowest BCUT2D eigenvalue weighted by molar-refractivity contribution is 0.0185. The molecular formula is C30H29N3O4. The van der Waals surface area contributed by atoms with Crippen molar-refractivity contribution in [3.63, 3.8) is 0 Å². The summed E-state index contributed by atoms with van der Waals surface area (Å²) in [5, 5.41) is 1.26. The van der Waals surface area contributed by atoms with Crippen molar-refractivity contribution in [1.82, 2.24) is 14.5 Å². The Kier molecular flexibility index (Phi) is 5.30. The molecule has 7 nitrogen and oxygen atoms in total. The lowest BCUT2D eigenvalue weighted by Crippen LogP contribution is -2.56. The van der Waals surface area contributed by atoms with Gasteiger partial charge in [-0.3, -0.25) is 4.79 Å². The number of hydrogen-bond donors (Lipinski definition) is 0. The van der Waals surface area contributed by atoms with Gasteiger partial charge in [0.2, 0.25) is 5.88 Å². The first-order chi connectivity index (χ1) is 18.2. The molecule has 0 spiro atoms. The van der Waals surface area contributed by atoms with Crippen molar-refractivity contribution < 1.29 is 19.0 Å². The zero-order valence-corrected chi connectivity index (χ0v) is 20.8. The average molecular weight is 496 g/mol. The van der Waals surface area contributed by atoms with E-state index in [2.05, 4.69) is 40.9 Å². The molecule has 2 aromatic carbocycles. The molecule has 1 fully saturated rings. The van der Waals surface area contributed by atoms with Crippen molar-refractivity contribution in [2.24, 2.45) is 7.05 Å². The first-order valence-corrected chi connectivity index (χ1v) is 13.0. The fourth-order valence-corrected chi connectivity index (χ4v) is 6.34. The number of ether oxygens (including phenoxy) is 3. The van der Waals surface area contributed by atoms with Crippen LogP contribution in [0.4, 0.5) is 0 Å². The summed E-state index contributed by atoms with van der Waals surface area (Å²) in [6, 6.07) is 19.9. The van der Waals surface area contributed by atoms with Gasteiger partial charge >= 0.3 is 0 Å². The largest absolute Gasteiger partial charge is 0.490 e. The molecule has 0 radical (unpaired) electrons. The molecule has 1 saturated heterocycles. The van der Waals surface area contributed by atoms with E-state index in [9.17, 15) is 4.79 Å². The molecule has 4 heterocycles. The number of carbonyl (C=O) groups excluding carboxylic acids is 1. The molecule has 0 N–H and O–H groups in total. The molecule has 7 heteroatoms. The van der Waals surface area contributed by atoms with E-state index in [0.29, 0.717) is 42.7 Å². The second-order valence-electron chi connectivity index (χ2n) is 10.1. The van der Waals surface area contributed by atoms with Crippen molar-refractivity contribution in [3.8, 4) is 17.4 Å². The van der Waals surface area contributed by atoms with Gasteiger partial charge in [-0.15, -0.1) is 0 Å². The van der Waals surface area contributed by atoms with E-state index in [-0.39, 0.29) is 24.0 Å². The summed E-state index contributed by atoms with van der Waals surface area (Å²) in [7, 11) is 2.15. The molecule has 4 aromatic rings. The molecular weight excluding hydrogens is 466 g/mol. The van der Waals surface area contributed by atoms with E-state index in [1.807, 2.05) is 41.3 Å². The van der Waals surface area contributed by atoms with E-state index in [0.717, 1.165) is 19.3 Å². The van der Waals surface area contributed by atoms with Crippen molar-refractivity contribution in [2.75, 3.05) is 19.8 Å². The van der Waals surface area contributed by atoms with Crippen LogP contribution in [0.25, 0.3) is 10.9 Å². The minimum Gasteiger partial charge on any atom is -0.490 e. The number of aryl methyl sites for hydroxylation is 1. The highest BCUT2D eigenvalue weighted by molar-refractivity contribution is 5.95. The number of para-hydroxylation sites is 1. The van der Waals surface area contributed by atoms with Crippen LogP contribution < -0.4 is 14.2 Å². The topological polar surface area (TPSA) is 65.8 Å². The van der Waals surface area contributed by atoms with Gasteiger partial charge in [-0.1, -0.05) is 24.3 Å². The van der Waals surface area contributed by atoms with Gasteiger partial charge < -0.3 is 23.7 Å². The molecule has 0 unspecified atom stereocenters. The Morgan fingerprint density at radius 1 is 1.03 bits per heavy atom. The first-order valence-electron chi connectivity index (χ1n) is 13.0. The standard InChI is InChI=1S/C30H29N3O4/c1-32-24-8-3-2-7-21(24)22-16-20-17-23(29(22)32)27(37-28-9-4-5-12-31-28)18-33(20)30(34)19-10-11-25-26(15-19)36-14-6-13-35-25/h2-5,7-12,15,20,23,27H,6,13-14,16-18H2,1H3/t20-,23+,27-/m0/s1. The van der Waals surface area contributed by atoms with Crippen LogP contribution >= 0.6 is 0 Å². The van der Waals surface area contributed by atoms with Gasteiger partial charge in [-0.05, 0) is 48.7 Å². The van der Waals surface area contributed by atoms with E-state index in [4.69, 9.17) is 14.2 Å². The lowest BCUT2D eigenvalue weighted by atomic mass is 9.76. The van der Waals surface area contributed by atoms with Crippen LogP contribution in [0.1, 0.15) is 40.4 Å². The maximum Gasteiger partial charge on any atom is 0.254 e. The summed E-state index contributed by atoms with van der Waals surface area (Å²) in [6.07, 6.45) is 4.04. The van der Waals surface area contributed by atoms with Gasteiger partial charge in [-0.25, -0.2) is 4.98 Å². The summed E-state index contributed by atoms with van der Waals surface area (Å²) in [6.45, 7) is 1.71. The summed E-state index contributed by atoms with van der Waals surface area (Å²) in [4.78, 5) is 20.4. The molecule has 1 aliphatic carbocycles. The number of amides is 1. The highest BCUT2D eigenvalue weighted by Crippen LogP contribution is 2.45. The van der Waals surface area contributed by atoms with Gasteiger partial charge in [0.05, 0.1) is 19.8 Å². The SMILES string of the molecule is Cn1c2c(c3ccccc31)C[C@H]1C[C@@H]2[C@@H](Oc2ccccn2)CN1C(=O)c1ccc2c(c1)OCCCO2. The molecule has 3 aliphatic rings. The number of nitrogens with zero attached hydrogens (tertiary/aromatic N) is 3. The van der Waals surface area contributed by atoms with E-state index in [1.165, 1.54) is 22.2 Å². The van der Waals surface area contributed by atoms with Crippen LogP contribution in [0.15, 0.2) is 66.9 Å². The zero-order chi connectivity index (χ0) is 24.9. The number of benzene rings is 2. The second-order valence-corrected chi connectivity index (χ2v) is 10.1. The predicted molar refractivity (Wildman–Crippen MR) is 140 cm³/mol. The molecule has 2 aromatic heterocycles. The molecule has 2 aliphatic heterocycles. The number of piperidine rings is 1. The van der Waals surface area contributed by atoms with Crippen LogP contribution in [-0.4, -0.2) is 52.3 Å². The minimum atomic E-state index is -0.211. The van der Waals surface area contributed by atoms with Gasteiger partial charge in [0, 0.05) is 59.9 Å². The molecule has 3 atom stereocenters. The summed E-state index contributed by atoms with van der Waals surface area (Å²) < 4.78 is 20.5. The quantitative estimate of drug-likeness (QED) is 0.411. The smallest absolute Gasteiger partial charge is 0.254 e. The Balaban J connectivity index is 1.28.